The molecular formula is C23H26N4OS2. The molecule has 1 aliphatic carbocycles. The van der Waals surface area contributed by atoms with Gasteiger partial charge in [0.15, 0.2) is 5.16 Å². The molecule has 5 rings (SSSR count). The summed E-state index contributed by atoms with van der Waals surface area (Å²) < 4.78 is 3.75. The van der Waals surface area contributed by atoms with Crippen molar-refractivity contribution in [2.24, 2.45) is 18.4 Å². The predicted molar refractivity (Wildman–Crippen MR) is 125 cm³/mol. The van der Waals surface area contributed by atoms with Gasteiger partial charge in [0.2, 0.25) is 5.78 Å². The average Bonchev–Trinajstić information content (AvgIpc) is 3.31. The minimum atomic E-state index is 0.0521. The van der Waals surface area contributed by atoms with Crippen LogP contribution in [-0.2, 0) is 25.6 Å². The summed E-state index contributed by atoms with van der Waals surface area (Å²) in [4.78, 5) is 15.6. The molecule has 5 nitrogen and oxygen atoms in total. The van der Waals surface area contributed by atoms with Crippen molar-refractivity contribution in [1.29, 1.82) is 0 Å². The molecule has 0 aliphatic heterocycles. The number of nitrogens with zero attached hydrogens (tertiary/aromatic N) is 4. The first-order chi connectivity index (χ1) is 14.3. The van der Waals surface area contributed by atoms with Crippen molar-refractivity contribution in [3.8, 4) is 0 Å². The Morgan fingerprint density at radius 3 is 2.70 bits per heavy atom. The van der Waals surface area contributed by atoms with Gasteiger partial charge in [0.05, 0.1) is 5.39 Å². The van der Waals surface area contributed by atoms with Gasteiger partial charge >= 0.3 is 0 Å². The van der Waals surface area contributed by atoms with E-state index in [1.54, 1.807) is 27.7 Å². The van der Waals surface area contributed by atoms with Gasteiger partial charge in [0, 0.05) is 17.7 Å². The summed E-state index contributed by atoms with van der Waals surface area (Å²) in [6.45, 7) is 6.97. The largest absolute Gasteiger partial charge is 0.279 e. The van der Waals surface area contributed by atoms with Gasteiger partial charge in [0.1, 0.15) is 4.83 Å². The fourth-order valence-electron chi connectivity index (χ4n) is 4.42. The zero-order valence-electron chi connectivity index (χ0n) is 17.8. The molecule has 0 N–H and O–H groups in total. The third kappa shape index (κ3) is 3.19. The van der Waals surface area contributed by atoms with Crippen LogP contribution in [0.25, 0.3) is 16.0 Å². The van der Waals surface area contributed by atoms with E-state index >= 15 is 0 Å². The standard InChI is InChI=1S/C23H26N4OS2/c1-23(2,3)15-10-11-16-17(12-15)30-20-18(16)19(28)26(4)21-24-25-22(27(20)21)29-13-14-8-6-5-7-9-14/h5-9,15H,10-13H2,1-4H3. The van der Waals surface area contributed by atoms with Crippen LogP contribution in [0, 0.1) is 11.3 Å². The predicted octanol–water partition coefficient (Wildman–Crippen LogP) is 5.09. The number of aromatic nitrogens is 4. The summed E-state index contributed by atoms with van der Waals surface area (Å²) in [5.74, 6) is 2.09. The van der Waals surface area contributed by atoms with E-state index in [1.165, 1.54) is 16.0 Å². The molecule has 30 heavy (non-hydrogen) atoms. The molecule has 156 valence electrons. The summed E-state index contributed by atoms with van der Waals surface area (Å²) in [7, 11) is 1.81. The van der Waals surface area contributed by atoms with Crippen molar-refractivity contribution in [2.45, 2.75) is 50.9 Å². The Labute approximate surface area is 184 Å². The lowest BCUT2D eigenvalue weighted by Crippen LogP contribution is -2.27. The van der Waals surface area contributed by atoms with Crippen molar-refractivity contribution in [3.05, 3.63) is 56.7 Å². The molecule has 3 aromatic heterocycles. The van der Waals surface area contributed by atoms with Gasteiger partial charge in [-0.1, -0.05) is 62.9 Å². The molecular weight excluding hydrogens is 412 g/mol. The van der Waals surface area contributed by atoms with E-state index in [4.69, 9.17) is 0 Å². The molecule has 0 saturated carbocycles. The van der Waals surface area contributed by atoms with Crippen LogP contribution in [0.5, 0.6) is 0 Å². The monoisotopic (exact) mass is 438 g/mol. The Bertz CT molecular complexity index is 1290. The maximum absolute atomic E-state index is 13.2. The first-order valence-electron chi connectivity index (χ1n) is 10.4. The van der Waals surface area contributed by atoms with Crippen molar-refractivity contribution >= 4 is 39.1 Å². The van der Waals surface area contributed by atoms with E-state index < -0.39 is 0 Å². The Hall–Kier alpha value is -2.12. The minimum Gasteiger partial charge on any atom is -0.279 e. The molecule has 0 fully saturated rings. The summed E-state index contributed by atoms with van der Waals surface area (Å²) >= 11 is 3.44. The SMILES string of the molecule is Cn1c(=O)c2c3c(sc2n2c(SCc4ccccc4)nnc12)CC(C(C)(C)C)CC3. The van der Waals surface area contributed by atoms with Gasteiger partial charge in [-0.25, -0.2) is 4.40 Å². The van der Waals surface area contributed by atoms with E-state index in [0.29, 0.717) is 11.7 Å². The summed E-state index contributed by atoms with van der Waals surface area (Å²) in [6, 6.07) is 10.4. The number of benzene rings is 1. The first kappa shape index (κ1) is 19.8. The number of aryl methyl sites for hydroxylation is 2. The van der Waals surface area contributed by atoms with Gasteiger partial charge in [-0.3, -0.25) is 9.36 Å². The summed E-state index contributed by atoms with van der Waals surface area (Å²) in [5, 5.41) is 10.5. The van der Waals surface area contributed by atoms with E-state index in [0.717, 1.165) is 40.4 Å². The number of rotatable bonds is 3. The second-order valence-electron chi connectivity index (χ2n) is 9.25. The number of hydrogen-bond acceptors (Lipinski definition) is 5. The Kier molecular flexibility index (Phi) is 4.78. The van der Waals surface area contributed by atoms with Gasteiger partial charge < -0.3 is 0 Å². The quantitative estimate of drug-likeness (QED) is 0.418. The zero-order chi connectivity index (χ0) is 21.0. The smallest absolute Gasteiger partial charge is 0.263 e. The molecule has 1 aliphatic rings. The highest BCUT2D eigenvalue weighted by molar-refractivity contribution is 7.98. The maximum atomic E-state index is 13.2. The molecule has 1 aromatic carbocycles. The highest BCUT2D eigenvalue weighted by Crippen LogP contribution is 2.43. The third-order valence-electron chi connectivity index (χ3n) is 6.32. The van der Waals surface area contributed by atoms with Gasteiger partial charge in [-0.15, -0.1) is 21.5 Å². The molecule has 0 saturated heterocycles. The topological polar surface area (TPSA) is 52.2 Å². The Morgan fingerprint density at radius 2 is 1.97 bits per heavy atom. The normalized spacial score (nSPS) is 17.0. The highest BCUT2D eigenvalue weighted by atomic mass is 32.2. The van der Waals surface area contributed by atoms with Crippen LogP contribution in [-0.4, -0.2) is 19.2 Å². The molecule has 0 spiro atoms. The third-order valence-corrected chi connectivity index (χ3v) is 8.56. The lowest BCUT2D eigenvalue weighted by molar-refractivity contribution is 0.218. The van der Waals surface area contributed by atoms with E-state index in [9.17, 15) is 4.79 Å². The van der Waals surface area contributed by atoms with E-state index in [-0.39, 0.29) is 11.0 Å². The fourth-order valence-corrected chi connectivity index (χ4v) is 6.78. The Balaban J connectivity index is 1.64. The first-order valence-corrected chi connectivity index (χ1v) is 12.2. The molecule has 0 radical (unpaired) electrons. The highest BCUT2D eigenvalue weighted by Gasteiger charge is 2.32. The van der Waals surface area contributed by atoms with Gasteiger partial charge in [-0.2, -0.15) is 0 Å². The summed E-state index contributed by atoms with van der Waals surface area (Å²) in [6.07, 6.45) is 3.17. The molecule has 4 aromatic rings. The number of hydrogen-bond donors (Lipinski definition) is 0. The van der Waals surface area contributed by atoms with E-state index in [1.807, 2.05) is 13.1 Å². The van der Waals surface area contributed by atoms with Crippen molar-refractivity contribution in [2.75, 3.05) is 0 Å². The number of thiophene rings is 1. The van der Waals surface area contributed by atoms with Gasteiger partial charge in [0.25, 0.3) is 5.56 Å². The minimum absolute atomic E-state index is 0.0521. The van der Waals surface area contributed by atoms with Crippen molar-refractivity contribution < 1.29 is 0 Å². The average molecular weight is 439 g/mol. The molecule has 1 atom stereocenters. The molecule has 0 amide bonds. The Morgan fingerprint density at radius 1 is 1.20 bits per heavy atom. The second kappa shape index (κ2) is 7.24. The zero-order valence-corrected chi connectivity index (χ0v) is 19.4. The summed E-state index contributed by atoms with van der Waals surface area (Å²) in [5.41, 5.74) is 2.84. The van der Waals surface area contributed by atoms with Crippen molar-refractivity contribution in [3.63, 3.8) is 0 Å². The van der Waals surface area contributed by atoms with Crippen LogP contribution >= 0.6 is 23.1 Å². The number of fused-ring (bicyclic) bond motifs is 5. The van der Waals surface area contributed by atoms with Crippen LogP contribution in [0.1, 0.15) is 43.2 Å². The van der Waals surface area contributed by atoms with Crippen LogP contribution in [0.4, 0.5) is 0 Å². The van der Waals surface area contributed by atoms with Crippen LogP contribution in [0.2, 0.25) is 0 Å². The van der Waals surface area contributed by atoms with Gasteiger partial charge in [-0.05, 0) is 41.7 Å². The van der Waals surface area contributed by atoms with Crippen LogP contribution in [0.3, 0.4) is 0 Å². The molecule has 0 bridgehead atoms. The van der Waals surface area contributed by atoms with E-state index in [2.05, 4.69) is 59.6 Å². The van der Waals surface area contributed by atoms with Crippen molar-refractivity contribution in [1.82, 2.24) is 19.2 Å². The van der Waals surface area contributed by atoms with Crippen LogP contribution in [0.15, 0.2) is 40.3 Å². The second-order valence-corrected chi connectivity index (χ2v) is 11.3. The lowest BCUT2D eigenvalue weighted by Gasteiger charge is -2.33. The maximum Gasteiger partial charge on any atom is 0.263 e. The van der Waals surface area contributed by atoms with Crippen LogP contribution < -0.4 is 5.56 Å². The molecule has 3 heterocycles. The molecule has 1 unspecified atom stereocenters. The lowest BCUT2D eigenvalue weighted by atomic mass is 9.72. The fraction of sp³-hybridized carbons (Fsp3) is 0.435. The number of thioether (sulfide) groups is 1. The molecule has 7 heteroatoms.